The van der Waals surface area contributed by atoms with Crippen molar-refractivity contribution in [3.05, 3.63) is 30.3 Å². The summed E-state index contributed by atoms with van der Waals surface area (Å²) in [5, 5.41) is 0. The van der Waals surface area contributed by atoms with Crippen LogP contribution in [-0.4, -0.2) is 73.7 Å². The number of nitrogens with zero attached hydrogens (tertiary/aromatic N) is 3. The minimum absolute atomic E-state index is 0.0570. The van der Waals surface area contributed by atoms with Gasteiger partial charge in [-0.15, -0.1) is 0 Å². The summed E-state index contributed by atoms with van der Waals surface area (Å²) in [6.07, 6.45) is 1.06. The molecule has 7 nitrogen and oxygen atoms in total. The second-order valence-electron chi connectivity index (χ2n) is 6.14. The molecule has 0 unspecified atom stereocenters. The Kier molecular flexibility index (Phi) is 7.86. The first-order valence-corrected chi connectivity index (χ1v) is 10.6. The van der Waals surface area contributed by atoms with Gasteiger partial charge in [0.25, 0.3) is 10.2 Å². The van der Waals surface area contributed by atoms with Crippen molar-refractivity contribution in [2.45, 2.75) is 26.7 Å². The lowest BCUT2D eigenvalue weighted by Crippen LogP contribution is -2.54. The minimum Gasteiger partial charge on any atom is -0.494 e. The number of hydrogen-bond donors (Lipinski definition) is 0. The van der Waals surface area contributed by atoms with E-state index < -0.39 is 10.2 Å². The van der Waals surface area contributed by atoms with E-state index in [1.54, 1.807) is 4.90 Å². The predicted molar refractivity (Wildman–Crippen MR) is 101 cm³/mol. The number of hydrogen-bond acceptors (Lipinski definition) is 4. The van der Waals surface area contributed by atoms with Crippen molar-refractivity contribution in [1.82, 2.24) is 13.5 Å². The molecule has 26 heavy (non-hydrogen) atoms. The molecule has 0 saturated carbocycles. The number of benzene rings is 1. The van der Waals surface area contributed by atoms with Crippen molar-refractivity contribution in [2.75, 3.05) is 45.9 Å². The van der Waals surface area contributed by atoms with E-state index in [0.717, 1.165) is 5.75 Å². The highest BCUT2D eigenvalue weighted by atomic mass is 32.2. The molecular weight excluding hydrogens is 354 g/mol. The third-order valence-corrected chi connectivity index (χ3v) is 6.68. The maximum Gasteiger partial charge on any atom is 0.282 e. The third-order valence-electron chi connectivity index (χ3n) is 4.50. The fourth-order valence-corrected chi connectivity index (χ4v) is 4.57. The Morgan fingerprint density at radius 1 is 1.08 bits per heavy atom. The molecule has 0 aromatic heterocycles. The van der Waals surface area contributed by atoms with Gasteiger partial charge in [-0.25, -0.2) is 0 Å². The van der Waals surface area contributed by atoms with Gasteiger partial charge in [-0.3, -0.25) is 4.79 Å². The molecule has 1 heterocycles. The van der Waals surface area contributed by atoms with Crippen LogP contribution < -0.4 is 4.74 Å². The summed E-state index contributed by atoms with van der Waals surface area (Å²) in [6, 6.07) is 9.52. The molecule has 0 bridgehead atoms. The molecule has 1 saturated heterocycles. The van der Waals surface area contributed by atoms with Crippen LogP contribution in [0.4, 0.5) is 0 Å². The lowest BCUT2D eigenvalue weighted by Gasteiger charge is -2.36. The Balaban J connectivity index is 1.72. The summed E-state index contributed by atoms with van der Waals surface area (Å²) in [5.41, 5.74) is 0. The molecule has 8 heteroatoms. The zero-order valence-corrected chi connectivity index (χ0v) is 16.5. The van der Waals surface area contributed by atoms with Crippen molar-refractivity contribution in [3.8, 4) is 5.75 Å². The van der Waals surface area contributed by atoms with Crippen LogP contribution in [0.25, 0.3) is 0 Å². The van der Waals surface area contributed by atoms with Gasteiger partial charge in [0.05, 0.1) is 6.61 Å². The molecule has 1 aromatic carbocycles. The summed E-state index contributed by atoms with van der Waals surface area (Å²) in [7, 11) is -3.42. The average molecular weight is 384 g/mol. The quantitative estimate of drug-likeness (QED) is 0.607. The van der Waals surface area contributed by atoms with E-state index in [9.17, 15) is 13.2 Å². The summed E-state index contributed by atoms with van der Waals surface area (Å²) < 4.78 is 33.5. The Bertz CT molecular complexity index is 654. The van der Waals surface area contributed by atoms with E-state index >= 15 is 0 Å². The summed E-state index contributed by atoms with van der Waals surface area (Å²) in [4.78, 5) is 14.1. The van der Waals surface area contributed by atoms with Crippen molar-refractivity contribution in [3.63, 3.8) is 0 Å². The first-order chi connectivity index (χ1) is 12.5. The first kappa shape index (κ1) is 20.7. The van der Waals surface area contributed by atoms with E-state index in [1.807, 2.05) is 44.2 Å². The van der Waals surface area contributed by atoms with Crippen LogP contribution in [-0.2, 0) is 15.0 Å². The Labute approximate surface area is 156 Å². The van der Waals surface area contributed by atoms with Crippen LogP contribution in [0.3, 0.4) is 0 Å². The molecule has 0 spiro atoms. The van der Waals surface area contributed by atoms with Crippen LogP contribution in [0.15, 0.2) is 30.3 Å². The summed E-state index contributed by atoms with van der Waals surface area (Å²) >= 11 is 0. The van der Waals surface area contributed by atoms with Gasteiger partial charge < -0.3 is 9.64 Å². The van der Waals surface area contributed by atoms with E-state index in [2.05, 4.69) is 0 Å². The second-order valence-corrected chi connectivity index (χ2v) is 8.07. The number of piperazine rings is 1. The molecule has 1 aliphatic rings. The van der Waals surface area contributed by atoms with Gasteiger partial charge >= 0.3 is 0 Å². The molecule has 0 N–H and O–H groups in total. The number of carbonyl (C=O) groups is 1. The van der Waals surface area contributed by atoms with E-state index in [4.69, 9.17) is 4.74 Å². The predicted octanol–water partition coefficient (Wildman–Crippen LogP) is 1.58. The zero-order chi connectivity index (χ0) is 19.0. The molecular formula is C18H29N3O4S. The van der Waals surface area contributed by atoms with Crippen molar-refractivity contribution in [2.24, 2.45) is 0 Å². The number of ether oxygens (including phenoxy) is 1. The van der Waals surface area contributed by atoms with Crippen molar-refractivity contribution < 1.29 is 17.9 Å². The van der Waals surface area contributed by atoms with Gasteiger partial charge in [0, 0.05) is 45.7 Å². The number of rotatable bonds is 9. The molecule has 0 radical (unpaired) electrons. The Hall–Kier alpha value is -1.64. The maximum atomic E-state index is 12.5. The second kappa shape index (κ2) is 9.89. The van der Waals surface area contributed by atoms with Crippen molar-refractivity contribution >= 4 is 16.1 Å². The maximum absolute atomic E-state index is 12.5. The summed E-state index contributed by atoms with van der Waals surface area (Å²) in [6.45, 7) is 6.66. The molecule has 0 atom stereocenters. The van der Waals surface area contributed by atoms with Crippen molar-refractivity contribution in [1.29, 1.82) is 0 Å². The van der Waals surface area contributed by atoms with Gasteiger partial charge in [-0.05, 0) is 18.6 Å². The van der Waals surface area contributed by atoms with E-state index in [-0.39, 0.29) is 5.91 Å². The van der Waals surface area contributed by atoms with Crippen LogP contribution in [0.2, 0.25) is 0 Å². The van der Waals surface area contributed by atoms with Crippen LogP contribution in [0.1, 0.15) is 26.7 Å². The van der Waals surface area contributed by atoms with E-state index in [0.29, 0.717) is 58.7 Å². The molecule has 2 rings (SSSR count). The lowest BCUT2D eigenvalue weighted by molar-refractivity contribution is -0.132. The smallest absolute Gasteiger partial charge is 0.282 e. The zero-order valence-electron chi connectivity index (χ0n) is 15.6. The molecule has 0 aliphatic carbocycles. The fraction of sp³-hybridized carbons (Fsp3) is 0.611. The topological polar surface area (TPSA) is 70.2 Å². The lowest BCUT2D eigenvalue weighted by atomic mass is 10.2. The minimum atomic E-state index is -3.42. The van der Waals surface area contributed by atoms with E-state index in [1.165, 1.54) is 8.61 Å². The van der Waals surface area contributed by atoms with Crippen LogP contribution in [0, 0.1) is 0 Å². The summed E-state index contributed by atoms with van der Waals surface area (Å²) in [5.74, 6) is 0.858. The average Bonchev–Trinajstić information content (AvgIpc) is 2.67. The Morgan fingerprint density at radius 3 is 2.27 bits per heavy atom. The first-order valence-electron chi connectivity index (χ1n) is 9.19. The molecule has 1 aliphatic heterocycles. The highest BCUT2D eigenvalue weighted by Gasteiger charge is 2.31. The number of para-hydroxylation sites is 1. The third kappa shape index (κ3) is 5.43. The van der Waals surface area contributed by atoms with Gasteiger partial charge in [0.2, 0.25) is 5.91 Å². The van der Waals surface area contributed by atoms with Gasteiger partial charge in [-0.1, -0.05) is 32.0 Å². The van der Waals surface area contributed by atoms with Gasteiger partial charge in [0.15, 0.2) is 0 Å². The highest BCUT2D eigenvalue weighted by molar-refractivity contribution is 7.86. The molecule has 146 valence electrons. The van der Waals surface area contributed by atoms with Crippen LogP contribution in [0.5, 0.6) is 5.75 Å². The highest BCUT2D eigenvalue weighted by Crippen LogP contribution is 2.14. The standard InChI is InChI=1S/C18H29N3O4S/c1-3-20(4-2)26(23,24)21-14-12-19(13-15-21)18(22)11-8-16-25-17-9-6-5-7-10-17/h5-7,9-10H,3-4,8,11-16H2,1-2H3. The number of carbonyl (C=O) groups excluding carboxylic acids is 1. The molecule has 1 amide bonds. The normalized spacial score (nSPS) is 16.0. The fourth-order valence-electron chi connectivity index (χ4n) is 2.97. The largest absolute Gasteiger partial charge is 0.494 e. The van der Waals surface area contributed by atoms with Crippen LogP contribution >= 0.6 is 0 Å². The Morgan fingerprint density at radius 2 is 1.69 bits per heavy atom. The van der Waals surface area contributed by atoms with Gasteiger partial charge in [0.1, 0.15) is 5.75 Å². The molecule has 1 fully saturated rings. The monoisotopic (exact) mass is 383 g/mol. The molecule has 1 aromatic rings. The van der Waals surface area contributed by atoms with Gasteiger partial charge in [-0.2, -0.15) is 17.0 Å². The SMILES string of the molecule is CCN(CC)S(=O)(=O)N1CCN(C(=O)CCCOc2ccccc2)CC1. The number of amides is 1.